The Morgan fingerprint density at radius 2 is 1.67 bits per heavy atom. The Labute approximate surface area is 161 Å². The highest BCUT2D eigenvalue weighted by molar-refractivity contribution is 7.99. The number of esters is 1. The lowest BCUT2D eigenvalue weighted by atomic mass is 10.0. The van der Waals surface area contributed by atoms with Crippen LogP contribution >= 0.6 is 11.8 Å². The van der Waals surface area contributed by atoms with Crippen LogP contribution in [0.3, 0.4) is 0 Å². The fourth-order valence-electron chi connectivity index (χ4n) is 2.72. The molecule has 0 radical (unpaired) electrons. The zero-order valence-electron chi connectivity index (χ0n) is 14.8. The van der Waals surface area contributed by atoms with Crippen molar-refractivity contribution in [2.45, 2.75) is 41.7 Å². The number of carbonyl (C=O) groups is 1. The van der Waals surface area contributed by atoms with Crippen molar-refractivity contribution in [3.8, 4) is 0 Å². The molecule has 2 aromatic rings. The molecule has 1 fully saturated rings. The minimum atomic E-state index is -1.40. The van der Waals surface area contributed by atoms with Gasteiger partial charge in [0.2, 0.25) is 0 Å². The largest absolute Gasteiger partial charge is 0.459 e. The maximum Gasteiger partial charge on any atom is 0.338 e. The van der Waals surface area contributed by atoms with Gasteiger partial charge in [0.15, 0.2) is 0 Å². The SMILES string of the molecule is Cc1ccc(S[C@H]2O[C@H](COC(=O)c3ccccc3)[C@@H](O)[C@H](O)[C@@H]2O)cc1. The minimum Gasteiger partial charge on any atom is -0.459 e. The molecule has 0 unspecified atom stereocenters. The zero-order chi connectivity index (χ0) is 19.4. The number of rotatable bonds is 5. The molecule has 0 amide bonds. The molecule has 0 aliphatic carbocycles. The molecule has 1 aliphatic rings. The summed E-state index contributed by atoms with van der Waals surface area (Å²) < 4.78 is 10.9. The van der Waals surface area contributed by atoms with Crippen molar-refractivity contribution in [3.05, 3.63) is 65.7 Å². The Balaban J connectivity index is 1.64. The van der Waals surface area contributed by atoms with Gasteiger partial charge in [-0.15, -0.1) is 0 Å². The van der Waals surface area contributed by atoms with E-state index >= 15 is 0 Å². The number of hydrogen-bond acceptors (Lipinski definition) is 7. The summed E-state index contributed by atoms with van der Waals surface area (Å²) in [7, 11) is 0. The quantitative estimate of drug-likeness (QED) is 0.670. The first kappa shape index (κ1) is 19.9. The van der Waals surface area contributed by atoms with Gasteiger partial charge in [0.1, 0.15) is 36.5 Å². The molecule has 0 aromatic heterocycles. The molecule has 0 spiro atoms. The van der Waals surface area contributed by atoms with E-state index in [-0.39, 0.29) is 6.61 Å². The third kappa shape index (κ3) is 4.88. The third-order valence-electron chi connectivity index (χ3n) is 4.33. The molecule has 0 bridgehead atoms. The van der Waals surface area contributed by atoms with Crippen LogP contribution < -0.4 is 0 Å². The summed E-state index contributed by atoms with van der Waals surface area (Å²) in [5, 5.41) is 30.6. The molecule has 1 saturated heterocycles. The van der Waals surface area contributed by atoms with Crippen molar-refractivity contribution >= 4 is 17.7 Å². The van der Waals surface area contributed by atoms with E-state index in [2.05, 4.69) is 0 Å². The summed E-state index contributed by atoms with van der Waals surface area (Å²) in [6.07, 6.45) is -4.98. The van der Waals surface area contributed by atoms with Crippen LogP contribution in [0.25, 0.3) is 0 Å². The van der Waals surface area contributed by atoms with Crippen molar-refractivity contribution in [3.63, 3.8) is 0 Å². The van der Waals surface area contributed by atoms with Crippen LogP contribution in [0.2, 0.25) is 0 Å². The van der Waals surface area contributed by atoms with E-state index in [0.717, 1.165) is 10.5 Å². The molecule has 27 heavy (non-hydrogen) atoms. The van der Waals surface area contributed by atoms with Gasteiger partial charge in [0, 0.05) is 4.90 Å². The van der Waals surface area contributed by atoms with E-state index < -0.39 is 35.8 Å². The Morgan fingerprint density at radius 1 is 1.00 bits per heavy atom. The Bertz CT molecular complexity index is 751. The number of aliphatic hydroxyl groups is 3. The molecule has 0 saturated carbocycles. The summed E-state index contributed by atoms with van der Waals surface area (Å²) in [6.45, 7) is 1.74. The third-order valence-corrected chi connectivity index (χ3v) is 5.50. The normalized spacial score (nSPS) is 27.9. The molecule has 1 aliphatic heterocycles. The summed E-state index contributed by atoms with van der Waals surface area (Å²) >= 11 is 1.24. The number of hydrogen-bond donors (Lipinski definition) is 3. The molecule has 5 atom stereocenters. The summed E-state index contributed by atoms with van der Waals surface area (Å²) in [5.41, 5.74) is 0.686. The van der Waals surface area contributed by atoms with Gasteiger partial charge in [-0.2, -0.15) is 0 Å². The Morgan fingerprint density at radius 3 is 2.33 bits per heavy atom. The van der Waals surface area contributed by atoms with Crippen LogP contribution in [0, 0.1) is 6.92 Å². The standard InChI is InChI=1S/C20H22O6S/c1-12-7-9-14(10-8-12)27-20-18(23)17(22)16(21)15(26-20)11-25-19(24)13-5-3-2-4-6-13/h2-10,15-18,20-23H,11H2,1H3/t15-,16-,17+,18+,20-/m1/s1. The number of carbonyl (C=O) groups excluding carboxylic acids is 1. The van der Waals surface area contributed by atoms with Crippen LogP contribution in [-0.4, -0.2) is 57.7 Å². The van der Waals surface area contributed by atoms with Gasteiger partial charge < -0.3 is 24.8 Å². The molecular formula is C20H22O6S. The molecule has 3 N–H and O–H groups in total. The predicted molar refractivity (Wildman–Crippen MR) is 100 cm³/mol. The Hall–Kier alpha value is -1.90. The van der Waals surface area contributed by atoms with Crippen molar-refractivity contribution in [2.75, 3.05) is 6.61 Å². The highest BCUT2D eigenvalue weighted by atomic mass is 32.2. The van der Waals surface area contributed by atoms with Crippen molar-refractivity contribution in [2.24, 2.45) is 0 Å². The molecular weight excluding hydrogens is 368 g/mol. The van der Waals surface area contributed by atoms with Gasteiger partial charge >= 0.3 is 5.97 Å². The lowest BCUT2D eigenvalue weighted by molar-refractivity contribution is -0.205. The molecule has 144 valence electrons. The molecule has 6 nitrogen and oxygen atoms in total. The monoisotopic (exact) mass is 390 g/mol. The van der Waals surface area contributed by atoms with Gasteiger partial charge in [0.05, 0.1) is 5.56 Å². The van der Waals surface area contributed by atoms with Gasteiger partial charge in [0.25, 0.3) is 0 Å². The second-order valence-corrected chi connectivity index (χ2v) is 7.58. The van der Waals surface area contributed by atoms with Gasteiger partial charge in [-0.25, -0.2) is 4.79 Å². The summed E-state index contributed by atoms with van der Waals surface area (Å²) in [4.78, 5) is 12.9. The smallest absolute Gasteiger partial charge is 0.338 e. The molecule has 3 rings (SSSR count). The van der Waals surface area contributed by atoms with Crippen molar-refractivity contribution in [1.29, 1.82) is 0 Å². The highest BCUT2D eigenvalue weighted by Crippen LogP contribution is 2.33. The van der Waals surface area contributed by atoms with Crippen LogP contribution in [-0.2, 0) is 9.47 Å². The number of aryl methyl sites for hydroxylation is 1. The second-order valence-electron chi connectivity index (χ2n) is 6.41. The molecule has 2 aromatic carbocycles. The van der Waals surface area contributed by atoms with Gasteiger partial charge in [-0.05, 0) is 31.2 Å². The van der Waals surface area contributed by atoms with Crippen molar-refractivity contribution < 1.29 is 29.6 Å². The topological polar surface area (TPSA) is 96.2 Å². The number of thioether (sulfide) groups is 1. The fraction of sp³-hybridized carbons (Fsp3) is 0.350. The van der Waals surface area contributed by atoms with Gasteiger partial charge in [-0.3, -0.25) is 0 Å². The van der Waals surface area contributed by atoms with Crippen LogP contribution in [0.5, 0.6) is 0 Å². The average molecular weight is 390 g/mol. The highest BCUT2D eigenvalue weighted by Gasteiger charge is 2.44. The van der Waals surface area contributed by atoms with Crippen LogP contribution in [0.1, 0.15) is 15.9 Å². The maximum atomic E-state index is 12.1. The zero-order valence-corrected chi connectivity index (χ0v) is 15.6. The van der Waals surface area contributed by atoms with E-state index in [1.54, 1.807) is 30.3 Å². The first-order valence-corrected chi connectivity index (χ1v) is 9.49. The number of aliphatic hydroxyl groups excluding tert-OH is 3. The van der Waals surface area contributed by atoms with E-state index in [4.69, 9.17) is 9.47 Å². The van der Waals surface area contributed by atoms with E-state index in [0.29, 0.717) is 5.56 Å². The van der Waals surface area contributed by atoms with E-state index in [1.807, 2.05) is 31.2 Å². The molecule has 7 heteroatoms. The maximum absolute atomic E-state index is 12.1. The summed E-state index contributed by atoms with van der Waals surface area (Å²) in [5.74, 6) is -0.547. The Kier molecular flexibility index (Phi) is 6.51. The predicted octanol–water partition coefficient (Wildman–Crippen LogP) is 1.75. The van der Waals surface area contributed by atoms with E-state index in [9.17, 15) is 20.1 Å². The second kappa shape index (κ2) is 8.86. The van der Waals surface area contributed by atoms with Gasteiger partial charge in [-0.1, -0.05) is 47.7 Å². The lowest BCUT2D eigenvalue weighted by Gasteiger charge is -2.40. The first-order valence-electron chi connectivity index (χ1n) is 8.61. The molecule has 1 heterocycles. The fourth-order valence-corrected chi connectivity index (χ4v) is 3.78. The summed E-state index contributed by atoms with van der Waals surface area (Å²) in [6, 6.07) is 16.1. The number of benzene rings is 2. The number of ether oxygens (including phenoxy) is 2. The first-order chi connectivity index (χ1) is 13.0. The van der Waals surface area contributed by atoms with Crippen molar-refractivity contribution in [1.82, 2.24) is 0 Å². The van der Waals surface area contributed by atoms with E-state index in [1.165, 1.54) is 11.8 Å². The minimum absolute atomic E-state index is 0.233. The van der Waals surface area contributed by atoms with Crippen LogP contribution in [0.4, 0.5) is 0 Å². The lowest BCUT2D eigenvalue weighted by Crippen LogP contribution is -2.57. The van der Waals surface area contributed by atoms with Crippen LogP contribution in [0.15, 0.2) is 59.5 Å². The average Bonchev–Trinajstić information content (AvgIpc) is 2.69.